The van der Waals surface area contributed by atoms with Gasteiger partial charge in [-0.1, -0.05) is 0 Å². The molecule has 1 aliphatic heterocycles. The molecule has 2 heterocycles. The van der Waals surface area contributed by atoms with Gasteiger partial charge in [-0.25, -0.2) is 9.37 Å². The van der Waals surface area contributed by atoms with E-state index < -0.39 is 6.04 Å². The van der Waals surface area contributed by atoms with Gasteiger partial charge in [-0.3, -0.25) is 9.59 Å². The fraction of sp³-hybridized carbons (Fsp3) is 0.476. The molecule has 1 aliphatic rings. The van der Waals surface area contributed by atoms with E-state index in [0.717, 1.165) is 18.1 Å². The molecular formula is C21H28FN5O2. The predicted molar refractivity (Wildman–Crippen MR) is 109 cm³/mol. The Kier molecular flexibility index (Phi) is 6.51. The number of rotatable bonds is 6. The lowest BCUT2D eigenvalue weighted by atomic mass is 10.1. The lowest BCUT2D eigenvalue weighted by Gasteiger charge is -2.42. The van der Waals surface area contributed by atoms with Gasteiger partial charge in [0.05, 0.1) is 0 Å². The van der Waals surface area contributed by atoms with Crippen molar-refractivity contribution in [3.63, 3.8) is 0 Å². The minimum absolute atomic E-state index is 0.0123. The normalized spacial score (nSPS) is 16.8. The molecular weight excluding hydrogens is 373 g/mol. The van der Waals surface area contributed by atoms with Crippen LogP contribution in [0.3, 0.4) is 0 Å². The van der Waals surface area contributed by atoms with Gasteiger partial charge in [-0.05, 0) is 37.6 Å². The summed E-state index contributed by atoms with van der Waals surface area (Å²) in [6.07, 6.45) is 4.72. The highest BCUT2D eigenvalue weighted by Crippen LogP contribution is 2.21. The van der Waals surface area contributed by atoms with Crippen molar-refractivity contribution in [1.29, 1.82) is 0 Å². The second-order valence-corrected chi connectivity index (χ2v) is 7.53. The summed E-state index contributed by atoms with van der Waals surface area (Å²) in [6, 6.07) is 5.68. The number of anilines is 1. The predicted octanol–water partition coefficient (Wildman–Crippen LogP) is 1.92. The Morgan fingerprint density at radius 2 is 1.93 bits per heavy atom. The average molecular weight is 401 g/mol. The first kappa shape index (κ1) is 20.8. The number of aromatic nitrogens is 2. The zero-order chi connectivity index (χ0) is 21.0. The first-order valence-electron chi connectivity index (χ1n) is 9.85. The first-order valence-corrected chi connectivity index (χ1v) is 9.85. The first-order chi connectivity index (χ1) is 13.9. The largest absolute Gasteiger partial charge is 0.367 e. The molecule has 7 nitrogen and oxygen atoms in total. The number of amides is 2. The molecule has 3 rings (SSSR count). The highest BCUT2D eigenvalue weighted by Gasteiger charge is 2.36. The van der Waals surface area contributed by atoms with E-state index in [2.05, 4.69) is 4.98 Å². The van der Waals surface area contributed by atoms with Crippen molar-refractivity contribution in [3.05, 3.63) is 48.3 Å². The van der Waals surface area contributed by atoms with Crippen LogP contribution < -0.4 is 4.90 Å². The molecule has 0 bridgehead atoms. The molecule has 1 fully saturated rings. The molecule has 2 amide bonds. The maximum Gasteiger partial charge on any atom is 0.246 e. The van der Waals surface area contributed by atoms with Crippen LogP contribution in [0.25, 0.3) is 0 Å². The standard InChI is InChI=1S/C21H28FN5O2/c1-16-23-10-12-25(16)11-4-5-20(28)27-14-13-26(15-19(27)21(29)24(2)3)18-8-6-17(22)7-9-18/h6-10,12,19H,4-5,11,13-15H2,1-3H3. The number of halogens is 1. The molecule has 29 heavy (non-hydrogen) atoms. The smallest absolute Gasteiger partial charge is 0.246 e. The number of aryl methyl sites for hydroxylation is 2. The molecule has 1 aromatic heterocycles. The summed E-state index contributed by atoms with van der Waals surface area (Å²) < 4.78 is 15.3. The monoisotopic (exact) mass is 401 g/mol. The number of nitrogens with zero attached hydrogens (tertiary/aromatic N) is 5. The summed E-state index contributed by atoms with van der Waals surface area (Å²) in [4.78, 5) is 35.1. The quantitative estimate of drug-likeness (QED) is 0.742. The van der Waals surface area contributed by atoms with Crippen LogP contribution in [0, 0.1) is 12.7 Å². The van der Waals surface area contributed by atoms with E-state index in [1.165, 1.54) is 17.0 Å². The van der Waals surface area contributed by atoms with E-state index in [4.69, 9.17) is 0 Å². The summed E-state index contributed by atoms with van der Waals surface area (Å²) in [5.74, 6) is 0.514. The third-order valence-corrected chi connectivity index (χ3v) is 5.33. The molecule has 156 valence electrons. The fourth-order valence-corrected chi connectivity index (χ4v) is 3.66. The van der Waals surface area contributed by atoms with Crippen LogP contribution in [0.5, 0.6) is 0 Å². The molecule has 8 heteroatoms. The van der Waals surface area contributed by atoms with Gasteiger partial charge in [0.25, 0.3) is 0 Å². The number of hydrogen-bond acceptors (Lipinski definition) is 4. The number of hydrogen-bond donors (Lipinski definition) is 0. The summed E-state index contributed by atoms with van der Waals surface area (Å²) in [5.41, 5.74) is 0.852. The maximum absolute atomic E-state index is 13.2. The van der Waals surface area contributed by atoms with E-state index in [9.17, 15) is 14.0 Å². The number of likely N-dealkylation sites (N-methyl/N-ethyl adjacent to an activating group) is 1. The summed E-state index contributed by atoms with van der Waals surface area (Å²) >= 11 is 0. The van der Waals surface area contributed by atoms with E-state index in [1.807, 2.05) is 22.6 Å². The highest BCUT2D eigenvalue weighted by molar-refractivity contribution is 5.88. The molecule has 2 aromatic rings. The minimum Gasteiger partial charge on any atom is -0.367 e. The van der Waals surface area contributed by atoms with Crippen LogP contribution in [0.15, 0.2) is 36.7 Å². The van der Waals surface area contributed by atoms with Crippen molar-refractivity contribution in [2.24, 2.45) is 0 Å². The van der Waals surface area contributed by atoms with Crippen molar-refractivity contribution >= 4 is 17.5 Å². The van der Waals surface area contributed by atoms with Gasteiger partial charge in [0.1, 0.15) is 17.7 Å². The molecule has 0 spiro atoms. The third-order valence-electron chi connectivity index (χ3n) is 5.33. The average Bonchev–Trinajstić information content (AvgIpc) is 3.12. The van der Waals surface area contributed by atoms with Gasteiger partial charge in [0.2, 0.25) is 11.8 Å². The van der Waals surface area contributed by atoms with Crippen LogP contribution in [0.1, 0.15) is 18.7 Å². The molecule has 1 atom stereocenters. The molecule has 0 saturated carbocycles. The zero-order valence-corrected chi connectivity index (χ0v) is 17.2. The fourth-order valence-electron chi connectivity index (χ4n) is 3.66. The van der Waals surface area contributed by atoms with Gasteiger partial charge >= 0.3 is 0 Å². The van der Waals surface area contributed by atoms with Crippen molar-refractivity contribution in [1.82, 2.24) is 19.4 Å². The Hall–Kier alpha value is -2.90. The van der Waals surface area contributed by atoms with Crippen molar-refractivity contribution in [2.45, 2.75) is 32.4 Å². The van der Waals surface area contributed by atoms with Crippen LogP contribution in [0.4, 0.5) is 10.1 Å². The van der Waals surface area contributed by atoms with E-state index in [0.29, 0.717) is 32.5 Å². The molecule has 1 unspecified atom stereocenters. The van der Waals surface area contributed by atoms with Crippen LogP contribution >= 0.6 is 0 Å². The van der Waals surface area contributed by atoms with Crippen LogP contribution in [-0.2, 0) is 16.1 Å². The summed E-state index contributed by atoms with van der Waals surface area (Å²) in [6.45, 7) is 4.12. The zero-order valence-electron chi connectivity index (χ0n) is 17.2. The minimum atomic E-state index is -0.550. The van der Waals surface area contributed by atoms with E-state index in [1.54, 1.807) is 37.3 Å². The lowest BCUT2D eigenvalue weighted by Crippen LogP contribution is -2.60. The SMILES string of the molecule is Cc1nccn1CCCC(=O)N1CCN(c2ccc(F)cc2)CC1C(=O)N(C)C. The Bertz CT molecular complexity index is 849. The summed E-state index contributed by atoms with van der Waals surface area (Å²) in [5, 5.41) is 0. The van der Waals surface area contributed by atoms with Gasteiger partial charge in [0, 0.05) is 64.8 Å². The molecule has 1 saturated heterocycles. The van der Waals surface area contributed by atoms with Crippen molar-refractivity contribution < 1.29 is 14.0 Å². The molecule has 1 aromatic carbocycles. The van der Waals surface area contributed by atoms with Crippen LogP contribution in [0.2, 0.25) is 0 Å². The number of piperazine rings is 1. The topological polar surface area (TPSA) is 61.7 Å². The third kappa shape index (κ3) is 4.93. The Labute approximate surface area is 170 Å². The number of benzene rings is 1. The Morgan fingerprint density at radius 3 is 2.55 bits per heavy atom. The van der Waals surface area contributed by atoms with Gasteiger partial charge < -0.3 is 19.3 Å². The molecule has 0 radical (unpaired) electrons. The van der Waals surface area contributed by atoms with Gasteiger partial charge in [-0.2, -0.15) is 0 Å². The Morgan fingerprint density at radius 1 is 1.21 bits per heavy atom. The maximum atomic E-state index is 13.2. The Balaban J connectivity index is 1.66. The molecule has 0 N–H and O–H groups in total. The van der Waals surface area contributed by atoms with Gasteiger partial charge in [0.15, 0.2) is 0 Å². The van der Waals surface area contributed by atoms with Crippen molar-refractivity contribution in [2.75, 3.05) is 38.6 Å². The number of carbonyl (C=O) groups excluding carboxylic acids is 2. The van der Waals surface area contributed by atoms with E-state index >= 15 is 0 Å². The second kappa shape index (κ2) is 9.07. The second-order valence-electron chi connectivity index (χ2n) is 7.53. The van der Waals surface area contributed by atoms with Crippen molar-refractivity contribution in [3.8, 4) is 0 Å². The van der Waals surface area contributed by atoms with Gasteiger partial charge in [-0.15, -0.1) is 0 Å². The number of carbonyl (C=O) groups is 2. The van der Waals surface area contributed by atoms with Crippen LogP contribution in [-0.4, -0.2) is 70.9 Å². The lowest BCUT2D eigenvalue weighted by molar-refractivity contribution is -0.145. The highest BCUT2D eigenvalue weighted by atomic mass is 19.1. The number of imidazole rings is 1. The van der Waals surface area contributed by atoms with E-state index in [-0.39, 0.29) is 17.6 Å². The molecule has 0 aliphatic carbocycles. The summed E-state index contributed by atoms with van der Waals surface area (Å²) in [7, 11) is 3.40.